The first-order valence-electron chi connectivity index (χ1n) is 12.1. The molecule has 3 fully saturated rings. The molecule has 0 spiro atoms. The van der Waals surface area contributed by atoms with Gasteiger partial charge in [-0.25, -0.2) is 0 Å². The number of carbonyl (C=O) groups is 1. The summed E-state index contributed by atoms with van der Waals surface area (Å²) >= 11 is 0. The average molecular weight is 409 g/mol. The molecule has 3 rings (SSSR count). The van der Waals surface area contributed by atoms with E-state index in [9.17, 15) is 15.0 Å². The fourth-order valence-electron chi connectivity index (χ4n) is 7.79. The number of ether oxygens (including phenoxy) is 1. The van der Waals surface area contributed by atoms with E-state index in [-0.39, 0.29) is 24.1 Å². The van der Waals surface area contributed by atoms with Crippen LogP contribution in [0.3, 0.4) is 0 Å². The zero-order chi connectivity index (χ0) is 21.2. The van der Waals surface area contributed by atoms with Crippen LogP contribution in [0.2, 0.25) is 0 Å². The molecule has 0 heterocycles. The molecule has 2 N–H and O–H groups in total. The zero-order valence-electron chi connectivity index (χ0n) is 19.2. The summed E-state index contributed by atoms with van der Waals surface area (Å²) in [5.41, 5.74) is 0.668. The van der Waals surface area contributed by atoms with Gasteiger partial charge in [-0.05, 0) is 105 Å². The van der Waals surface area contributed by atoms with Crippen LogP contribution in [0.1, 0.15) is 91.4 Å². The largest absolute Gasteiger partial charge is 0.469 e. The van der Waals surface area contributed by atoms with Gasteiger partial charge in [0.2, 0.25) is 0 Å². The van der Waals surface area contributed by atoms with Crippen molar-refractivity contribution in [3.8, 4) is 0 Å². The highest BCUT2D eigenvalue weighted by atomic mass is 16.5. The smallest absolute Gasteiger partial charge is 0.305 e. The molecule has 0 saturated heterocycles. The summed E-state index contributed by atoms with van der Waals surface area (Å²) < 4.78 is 4.85. The van der Waals surface area contributed by atoms with E-state index in [4.69, 9.17) is 4.74 Å². The van der Waals surface area contributed by atoms with Crippen molar-refractivity contribution in [3.63, 3.8) is 0 Å². The van der Waals surface area contributed by atoms with Crippen LogP contribution in [0, 0.1) is 40.4 Å². The maximum atomic E-state index is 11.6. The van der Waals surface area contributed by atoms with E-state index < -0.39 is 0 Å². The summed E-state index contributed by atoms with van der Waals surface area (Å²) in [6, 6.07) is 0. The van der Waals surface area contributed by atoms with Gasteiger partial charge in [0.25, 0.3) is 0 Å². The van der Waals surface area contributed by atoms with Gasteiger partial charge in [0.05, 0.1) is 13.2 Å². The molecule has 0 aromatic carbocycles. The molecule has 8 unspecified atom stereocenters. The van der Waals surface area contributed by atoms with Crippen LogP contribution in [0.25, 0.3) is 0 Å². The molecule has 3 aliphatic rings. The van der Waals surface area contributed by atoms with Gasteiger partial charge in [-0.1, -0.05) is 20.8 Å². The van der Waals surface area contributed by atoms with Crippen molar-refractivity contribution in [2.24, 2.45) is 40.4 Å². The lowest BCUT2D eigenvalue weighted by atomic mass is 9.51. The van der Waals surface area contributed by atoms with E-state index in [1.165, 1.54) is 39.2 Å². The first-order valence-corrected chi connectivity index (χ1v) is 12.1. The van der Waals surface area contributed by atoms with Crippen molar-refractivity contribution >= 4 is 5.97 Å². The molecule has 4 heteroatoms. The lowest BCUT2D eigenvalue weighted by Crippen LogP contribution is -2.47. The fraction of sp³-hybridized carbons (Fsp3) is 0.960. The Bertz CT molecular complexity index is 563. The molecule has 168 valence electrons. The average Bonchev–Trinajstić information content (AvgIpc) is 3.05. The van der Waals surface area contributed by atoms with E-state index in [1.54, 1.807) is 0 Å². The number of rotatable bonds is 7. The molecule has 0 amide bonds. The molecule has 0 aromatic rings. The number of hydrogen-bond donors (Lipinski definition) is 2. The van der Waals surface area contributed by atoms with Crippen molar-refractivity contribution in [2.75, 3.05) is 13.7 Å². The standard InChI is InChI=1S/C25H44O4/c1-17(5-8-23(28)29-4)22-7-6-18-15-19(9-12-25(18,22)3)24(2)13-10-21(27)16-20(24)11-14-26/h17-22,26-27H,5-16H2,1-4H3. The Kier molecular flexibility index (Phi) is 7.36. The SMILES string of the molecule is COC(=O)CCC(C)C1CCC2CC(C3(C)CCC(O)CC3CCO)CCC21C. The summed E-state index contributed by atoms with van der Waals surface area (Å²) in [6.45, 7) is 7.56. The third-order valence-electron chi connectivity index (χ3n) is 9.84. The second-order valence-electron chi connectivity index (χ2n) is 11.1. The van der Waals surface area contributed by atoms with E-state index in [1.807, 2.05) is 0 Å². The first-order chi connectivity index (χ1) is 13.7. The maximum absolute atomic E-state index is 11.6. The molecular weight excluding hydrogens is 364 g/mol. The van der Waals surface area contributed by atoms with E-state index >= 15 is 0 Å². The minimum absolute atomic E-state index is 0.0809. The van der Waals surface area contributed by atoms with E-state index in [0.29, 0.717) is 35.5 Å². The summed E-state index contributed by atoms with van der Waals surface area (Å²) in [5.74, 6) is 3.15. The van der Waals surface area contributed by atoms with Crippen LogP contribution in [0.5, 0.6) is 0 Å². The third-order valence-corrected chi connectivity index (χ3v) is 9.84. The number of aliphatic hydroxyl groups excluding tert-OH is 2. The molecule has 0 radical (unpaired) electrons. The second-order valence-corrected chi connectivity index (χ2v) is 11.1. The van der Waals surface area contributed by atoms with Crippen molar-refractivity contribution in [1.82, 2.24) is 0 Å². The topological polar surface area (TPSA) is 66.8 Å². The third kappa shape index (κ3) is 4.54. The maximum Gasteiger partial charge on any atom is 0.305 e. The van der Waals surface area contributed by atoms with Gasteiger partial charge in [-0.15, -0.1) is 0 Å². The number of carbonyl (C=O) groups excluding carboxylic acids is 1. The molecular formula is C25H44O4. The minimum atomic E-state index is -0.181. The Hall–Kier alpha value is -0.610. The van der Waals surface area contributed by atoms with E-state index in [2.05, 4.69) is 20.8 Å². The number of aliphatic hydroxyl groups is 2. The van der Waals surface area contributed by atoms with Gasteiger partial charge in [-0.3, -0.25) is 4.79 Å². The van der Waals surface area contributed by atoms with E-state index in [0.717, 1.165) is 38.0 Å². The molecule has 8 atom stereocenters. The Labute approximate surface area is 177 Å². The van der Waals surface area contributed by atoms with Gasteiger partial charge in [0.1, 0.15) is 0 Å². The summed E-state index contributed by atoms with van der Waals surface area (Å²) in [5, 5.41) is 19.8. The predicted molar refractivity (Wildman–Crippen MR) is 115 cm³/mol. The van der Waals surface area contributed by atoms with Crippen LogP contribution in [-0.2, 0) is 9.53 Å². The van der Waals surface area contributed by atoms with Gasteiger partial charge in [-0.2, -0.15) is 0 Å². The Balaban J connectivity index is 1.66. The van der Waals surface area contributed by atoms with Crippen molar-refractivity contribution in [1.29, 1.82) is 0 Å². The molecule has 0 aliphatic heterocycles. The number of hydrogen-bond acceptors (Lipinski definition) is 4. The highest BCUT2D eigenvalue weighted by molar-refractivity contribution is 5.69. The molecule has 3 aliphatic carbocycles. The molecule has 3 saturated carbocycles. The molecule has 0 aromatic heterocycles. The Morgan fingerprint density at radius 1 is 1.07 bits per heavy atom. The Morgan fingerprint density at radius 3 is 2.45 bits per heavy atom. The lowest BCUT2D eigenvalue weighted by molar-refractivity contribution is -0.141. The second kappa shape index (κ2) is 9.26. The molecule has 0 bridgehead atoms. The Morgan fingerprint density at radius 2 is 1.76 bits per heavy atom. The quantitative estimate of drug-likeness (QED) is 0.584. The van der Waals surface area contributed by atoms with Crippen LogP contribution in [0.4, 0.5) is 0 Å². The highest BCUT2D eigenvalue weighted by Gasteiger charge is 2.54. The van der Waals surface area contributed by atoms with Crippen LogP contribution >= 0.6 is 0 Å². The van der Waals surface area contributed by atoms with Crippen molar-refractivity contribution in [3.05, 3.63) is 0 Å². The minimum Gasteiger partial charge on any atom is -0.469 e. The predicted octanol–water partition coefficient (Wildman–Crippen LogP) is 4.96. The highest BCUT2D eigenvalue weighted by Crippen LogP contribution is 2.63. The van der Waals surface area contributed by atoms with Crippen LogP contribution in [0.15, 0.2) is 0 Å². The normalized spacial score (nSPS) is 43.6. The van der Waals surface area contributed by atoms with Gasteiger partial charge < -0.3 is 14.9 Å². The first kappa shape index (κ1) is 23.1. The summed E-state index contributed by atoms with van der Waals surface area (Å²) in [4.78, 5) is 11.6. The number of esters is 1. The summed E-state index contributed by atoms with van der Waals surface area (Å²) in [6.07, 6.45) is 11.5. The molecule has 29 heavy (non-hydrogen) atoms. The monoisotopic (exact) mass is 408 g/mol. The number of methoxy groups -OCH3 is 1. The van der Waals surface area contributed by atoms with Gasteiger partial charge in [0.15, 0.2) is 0 Å². The van der Waals surface area contributed by atoms with Gasteiger partial charge in [0, 0.05) is 13.0 Å². The van der Waals surface area contributed by atoms with Crippen molar-refractivity contribution in [2.45, 2.75) is 97.5 Å². The zero-order valence-corrected chi connectivity index (χ0v) is 19.2. The van der Waals surface area contributed by atoms with Gasteiger partial charge >= 0.3 is 5.97 Å². The summed E-state index contributed by atoms with van der Waals surface area (Å²) in [7, 11) is 1.48. The molecule has 4 nitrogen and oxygen atoms in total. The lowest BCUT2D eigenvalue weighted by Gasteiger charge is -2.54. The van der Waals surface area contributed by atoms with Crippen LogP contribution in [-0.4, -0.2) is 36.0 Å². The van der Waals surface area contributed by atoms with Crippen LogP contribution < -0.4 is 0 Å². The van der Waals surface area contributed by atoms with Crippen molar-refractivity contribution < 1.29 is 19.7 Å². The fourth-order valence-corrected chi connectivity index (χ4v) is 7.79. The number of fused-ring (bicyclic) bond motifs is 1.